The van der Waals surface area contributed by atoms with E-state index >= 15 is 0 Å². The summed E-state index contributed by atoms with van der Waals surface area (Å²) < 4.78 is 0. The van der Waals surface area contributed by atoms with E-state index in [1.807, 2.05) is 0 Å². The fourth-order valence-electron chi connectivity index (χ4n) is 3.74. The van der Waals surface area contributed by atoms with Crippen LogP contribution in [0.3, 0.4) is 0 Å². The minimum absolute atomic E-state index is 0. The van der Waals surface area contributed by atoms with Crippen LogP contribution in [0.25, 0.3) is 0 Å². The maximum absolute atomic E-state index is 12.0. The van der Waals surface area contributed by atoms with Gasteiger partial charge in [-0.2, -0.15) is 0 Å². The molecule has 30 heavy (non-hydrogen) atoms. The maximum atomic E-state index is 12.0. The molecule has 2 aliphatic rings. The number of carbonyl (C=O) groups is 1. The van der Waals surface area contributed by atoms with Crippen LogP contribution in [0.4, 0.5) is 0 Å². The van der Waals surface area contributed by atoms with Crippen molar-refractivity contribution in [2.45, 2.75) is 46.1 Å². The minimum atomic E-state index is 0. The molecule has 0 atom stereocenters. The smallest absolute Gasteiger partial charge is 0.234 e. The van der Waals surface area contributed by atoms with Gasteiger partial charge in [0.1, 0.15) is 0 Å². The predicted molar refractivity (Wildman–Crippen MR) is 134 cm³/mol. The molecular weight excluding hydrogens is 489 g/mol. The Balaban J connectivity index is 0.00000320. The normalized spacial score (nSPS) is 18.0. The number of carbonyl (C=O) groups excluding carboxylic acids is 1. The number of piperazine rings is 1. The van der Waals surface area contributed by atoms with Gasteiger partial charge in [-0.1, -0.05) is 44.2 Å². The molecule has 1 aliphatic carbocycles. The van der Waals surface area contributed by atoms with E-state index < -0.39 is 0 Å². The number of guanidine groups is 1. The number of rotatable bonds is 8. The van der Waals surface area contributed by atoms with E-state index in [0.717, 1.165) is 64.5 Å². The van der Waals surface area contributed by atoms with E-state index in [4.69, 9.17) is 4.99 Å². The SMILES string of the molecule is CCNC(=NCC(C)(C)Cc1ccccc1)N1CCN(CC(=O)NC2CC2)CC1.I. The first-order chi connectivity index (χ1) is 13.9. The van der Waals surface area contributed by atoms with Crippen LogP contribution in [0, 0.1) is 5.41 Å². The standard InChI is InChI=1S/C23H37N5O.HI/c1-4-24-22(25-18-23(2,3)16-19-8-6-5-7-9-19)28-14-12-27(13-15-28)17-21(29)26-20-10-11-20;/h5-9,20H,4,10-18H2,1-3H3,(H,24,25)(H,26,29);1H. The van der Waals surface area contributed by atoms with Crippen LogP contribution in [0.5, 0.6) is 0 Å². The number of amides is 1. The largest absolute Gasteiger partial charge is 0.357 e. The molecule has 6 nitrogen and oxygen atoms in total. The second-order valence-electron chi connectivity index (χ2n) is 9.10. The molecule has 1 saturated heterocycles. The summed E-state index contributed by atoms with van der Waals surface area (Å²) in [7, 11) is 0. The van der Waals surface area contributed by atoms with Crippen molar-refractivity contribution in [3.05, 3.63) is 35.9 Å². The van der Waals surface area contributed by atoms with Crippen LogP contribution in [0.1, 0.15) is 39.2 Å². The van der Waals surface area contributed by atoms with Crippen molar-refractivity contribution in [1.29, 1.82) is 0 Å². The van der Waals surface area contributed by atoms with E-state index in [1.165, 1.54) is 5.56 Å². The summed E-state index contributed by atoms with van der Waals surface area (Å²) in [5.74, 6) is 1.17. The summed E-state index contributed by atoms with van der Waals surface area (Å²) in [6, 6.07) is 11.1. The van der Waals surface area contributed by atoms with Gasteiger partial charge in [-0.25, -0.2) is 0 Å². The summed E-state index contributed by atoms with van der Waals surface area (Å²) in [4.78, 5) is 21.6. The highest BCUT2D eigenvalue weighted by atomic mass is 127. The number of aliphatic imine (C=N–C) groups is 1. The first kappa shape index (κ1) is 24.9. The highest BCUT2D eigenvalue weighted by molar-refractivity contribution is 14.0. The van der Waals surface area contributed by atoms with Gasteiger partial charge in [-0.05, 0) is 37.2 Å². The highest BCUT2D eigenvalue weighted by Crippen LogP contribution is 2.22. The number of nitrogens with one attached hydrogen (secondary N) is 2. The van der Waals surface area contributed by atoms with Crippen LogP contribution in [0.15, 0.2) is 35.3 Å². The van der Waals surface area contributed by atoms with Crippen molar-refractivity contribution < 1.29 is 4.79 Å². The van der Waals surface area contributed by atoms with Gasteiger partial charge in [0.2, 0.25) is 5.91 Å². The Hall–Kier alpha value is -1.35. The van der Waals surface area contributed by atoms with Gasteiger partial charge in [0.05, 0.1) is 6.54 Å². The van der Waals surface area contributed by atoms with Crippen molar-refractivity contribution in [2.75, 3.05) is 45.8 Å². The molecule has 1 saturated carbocycles. The molecule has 1 aromatic rings. The Morgan fingerprint density at radius 1 is 1.13 bits per heavy atom. The van der Waals surface area contributed by atoms with Crippen molar-refractivity contribution >= 4 is 35.8 Å². The molecule has 0 unspecified atom stereocenters. The second-order valence-corrected chi connectivity index (χ2v) is 9.10. The summed E-state index contributed by atoms with van der Waals surface area (Å²) in [5, 5.41) is 6.54. The Bertz CT molecular complexity index is 682. The van der Waals surface area contributed by atoms with E-state index in [-0.39, 0.29) is 35.3 Å². The summed E-state index contributed by atoms with van der Waals surface area (Å²) in [6.07, 6.45) is 3.30. The zero-order chi connectivity index (χ0) is 20.7. The molecular formula is C23H38IN5O. The average molecular weight is 527 g/mol. The molecule has 168 valence electrons. The topological polar surface area (TPSA) is 60.0 Å². The number of hydrogen-bond acceptors (Lipinski definition) is 3. The molecule has 0 aromatic heterocycles. The van der Waals surface area contributed by atoms with Crippen LogP contribution in [-0.4, -0.2) is 73.5 Å². The van der Waals surface area contributed by atoms with Crippen LogP contribution in [-0.2, 0) is 11.2 Å². The minimum Gasteiger partial charge on any atom is -0.357 e. The van der Waals surface area contributed by atoms with Gasteiger partial charge < -0.3 is 15.5 Å². The van der Waals surface area contributed by atoms with E-state index in [9.17, 15) is 4.79 Å². The van der Waals surface area contributed by atoms with Crippen molar-refractivity contribution in [2.24, 2.45) is 10.4 Å². The molecule has 1 heterocycles. The highest BCUT2D eigenvalue weighted by Gasteiger charge is 2.26. The molecule has 0 radical (unpaired) electrons. The lowest BCUT2D eigenvalue weighted by molar-refractivity contribution is -0.122. The van der Waals surface area contributed by atoms with Crippen LogP contribution >= 0.6 is 24.0 Å². The summed E-state index contributed by atoms with van der Waals surface area (Å²) >= 11 is 0. The lowest BCUT2D eigenvalue weighted by Crippen LogP contribution is -2.54. The van der Waals surface area contributed by atoms with Gasteiger partial charge in [0.25, 0.3) is 0 Å². The Morgan fingerprint density at radius 3 is 2.40 bits per heavy atom. The number of benzene rings is 1. The van der Waals surface area contributed by atoms with Gasteiger partial charge in [-0.15, -0.1) is 24.0 Å². The quantitative estimate of drug-likeness (QED) is 0.310. The second kappa shape index (κ2) is 11.9. The molecule has 0 bridgehead atoms. The molecule has 1 aromatic carbocycles. The number of hydrogen-bond donors (Lipinski definition) is 2. The zero-order valence-electron chi connectivity index (χ0n) is 18.7. The fraction of sp³-hybridized carbons (Fsp3) is 0.652. The molecule has 2 fully saturated rings. The molecule has 0 spiro atoms. The lowest BCUT2D eigenvalue weighted by Gasteiger charge is -2.36. The van der Waals surface area contributed by atoms with Gasteiger partial charge in [0.15, 0.2) is 5.96 Å². The lowest BCUT2D eigenvalue weighted by atomic mass is 9.86. The molecule has 1 aliphatic heterocycles. The van der Waals surface area contributed by atoms with Crippen LogP contribution < -0.4 is 10.6 Å². The third-order valence-corrected chi connectivity index (χ3v) is 5.50. The fourth-order valence-corrected chi connectivity index (χ4v) is 3.74. The monoisotopic (exact) mass is 527 g/mol. The Morgan fingerprint density at radius 2 is 1.80 bits per heavy atom. The predicted octanol–water partition coefficient (Wildman–Crippen LogP) is 2.74. The van der Waals surface area contributed by atoms with Gasteiger partial charge in [-0.3, -0.25) is 14.7 Å². The first-order valence-corrected chi connectivity index (χ1v) is 11.0. The number of nitrogens with zero attached hydrogens (tertiary/aromatic N) is 3. The molecule has 7 heteroatoms. The third-order valence-electron chi connectivity index (χ3n) is 5.50. The Labute approximate surface area is 198 Å². The van der Waals surface area contributed by atoms with E-state index in [0.29, 0.717) is 12.6 Å². The van der Waals surface area contributed by atoms with Gasteiger partial charge >= 0.3 is 0 Å². The van der Waals surface area contributed by atoms with Crippen LogP contribution in [0.2, 0.25) is 0 Å². The van der Waals surface area contributed by atoms with E-state index in [2.05, 4.69) is 71.5 Å². The molecule has 1 amide bonds. The van der Waals surface area contributed by atoms with E-state index in [1.54, 1.807) is 0 Å². The number of halogens is 1. The zero-order valence-corrected chi connectivity index (χ0v) is 21.0. The van der Waals surface area contributed by atoms with Crippen molar-refractivity contribution in [3.8, 4) is 0 Å². The Kier molecular flexibility index (Phi) is 9.87. The summed E-state index contributed by atoms with van der Waals surface area (Å²) in [5.41, 5.74) is 1.46. The maximum Gasteiger partial charge on any atom is 0.234 e. The van der Waals surface area contributed by atoms with Gasteiger partial charge in [0, 0.05) is 45.3 Å². The first-order valence-electron chi connectivity index (χ1n) is 11.0. The average Bonchev–Trinajstić information content (AvgIpc) is 3.50. The van der Waals surface area contributed by atoms with Crippen molar-refractivity contribution in [1.82, 2.24) is 20.4 Å². The summed E-state index contributed by atoms with van der Waals surface area (Å²) in [6.45, 7) is 12.4. The third kappa shape index (κ3) is 8.41. The molecule has 3 rings (SSSR count). The molecule has 2 N–H and O–H groups in total. The van der Waals surface area contributed by atoms with Crippen molar-refractivity contribution in [3.63, 3.8) is 0 Å².